The standard InChI is InChI=1S/C7H11NO.ClH/c1-3-7(9-2)4-6(8)5-7;/h1,6H,4-5,8H2,2H3;1H. The molecule has 0 radical (unpaired) electrons. The Morgan fingerprint density at radius 2 is 2.20 bits per heavy atom. The highest BCUT2D eigenvalue weighted by Gasteiger charge is 2.41. The number of rotatable bonds is 1. The molecule has 58 valence electrons. The van der Waals surface area contributed by atoms with Crippen molar-refractivity contribution in [3.8, 4) is 12.3 Å². The lowest BCUT2D eigenvalue weighted by atomic mass is 9.77. The van der Waals surface area contributed by atoms with Crippen LogP contribution in [0.25, 0.3) is 0 Å². The van der Waals surface area contributed by atoms with E-state index in [2.05, 4.69) is 5.92 Å². The molecule has 1 fully saturated rings. The van der Waals surface area contributed by atoms with Crippen LogP contribution in [-0.2, 0) is 4.74 Å². The molecule has 0 aromatic heterocycles. The molecule has 0 spiro atoms. The minimum absolute atomic E-state index is 0. The van der Waals surface area contributed by atoms with Crippen LogP contribution >= 0.6 is 12.4 Å². The van der Waals surface area contributed by atoms with E-state index in [0.29, 0.717) is 0 Å². The summed E-state index contributed by atoms with van der Waals surface area (Å²) in [6, 6.07) is 0.251. The molecule has 1 aliphatic rings. The van der Waals surface area contributed by atoms with Gasteiger partial charge in [-0.15, -0.1) is 18.8 Å². The molecule has 0 atom stereocenters. The predicted molar refractivity (Wildman–Crippen MR) is 43.0 cm³/mol. The molecule has 0 heterocycles. The second kappa shape index (κ2) is 3.25. The van der Waals surface area contributed by atoms with Crippen LogP contribution in [0.4, 0.5) is 0 Å². The van der Waals surface area contributed by atoms with Gasteiger partial charge in [0.2, 0.25) is 0 Å². The molecule has 0 bridgehead atoms. The highest BCUT2D eigenvalue weighted by molar-refractivity contribution is 5.85. The second-order valence-electron chi connectivity index (χ2n) is 2.51. The van der Waals surface area contributed by atoms with Gasteiger partial charge in [-0.2, -0.15) is 0 Å². The second-order valence-corrected chi connectivity index (χ2v) is 2.51. The molecule has 1 saturated carbocycles. The summed E-state index contributed by atoms with van der Waals surface area (Å²) >= 11 is 0. The molecular weight excluding hydrogens is 150 g/mol. The molecule has 10 heavy (non-hydrogen) atoms. The van der Waals surface area contributed by atoms with E-state index in [4.69, 9.17) is 16.9 Å². The van der Waals surface area contributed by atoms with Crippen molar-refractivity contribution in [2.24, 2.45) is 5.73 Å². The zero-order valence-electron chi connectivity index (χ0n) is 5.96. The van der Waals surface area contributed by atoms with Gasteiger partial charge in [-0.3, -0.25) is 0 Å². The molecular formula is C7H12ClNO. The molecule has 1 rings (SSSR count). The molecule has 0 aromatic rings. The number of nitrogens with two attached hydrogens (primary N) is 1. The third kappa shape index (κ3) is 1.43. The van der Waals surface area contributed by atoms with E-state index >= 15 is 0 Å². The monoisotopic (exact) mass is 161 g/mol. The number of hydrogen-bond acceptors (Lipinski definition) is 2. The van der Waals surface area contributed by atoms with Crippen LogP contribution in [0.5, 0.6) is 0 Å². The Bertz CT molecular complexity index is 146. The topological polar surface area (TPSA) is 35.2 Å². The molecule has 1 aliphatic carbocycles. The fraction of sp³-hybridized carbons (Fsp3) is 0.714. The number of ether oxygens (including phenoxy) is 1. The first-order valence-electron chi connectivity index (χ1n) is 3.01. The zero-order valence-corrected chi connectivity index (χ0v) is 6.78. The summed E-state index contributed by atoms with van der Waals surface area (Å²) in [6.07, 6.45) is 6.82. The van der Waals surface area contributed by atoms with Crippen LogP contribution < -0.4 is 5.73 Å². The number of methoxy groups -OCH3 is 1. The van der Waals surface area contributed by atoms with Gasteiger partial charge in [-0.1, -0.05) is 5.92 Å². The van der Waals surface area contributed by atoms with Crippen LogP contribution in [0.2, 0.25) is 0 Å². The molecule has 2 N–H and O–H groups in total. The Hall–Kier alpha value is -0.230. The van der Waals surface area contributed by atoms with E-state index in [9.17, 15) is 0 Å². The summed E-state index contributed by atoms with van der Waals surface area (Å²) in [4.78, 5) is 0. The van der Waals surface area contributed by atoms with Crippen molar-refractivity contribution in [1.82, 2.24) is 0 Å². The highest BCUT2D eigenvalue weighted by atomic mass is 35.5. The molecule has 0 aromatic carbocycles. The fourth-order valence-electron chi connectivity index (χ4n) is 1.13. The summed E-state index contributed by atoms with van der Waals surface area (Å²) in [5.41, 5.74) is 5.21. The van der Waals surface area contributed by atoms with Crippen molar-refractivity contribution in [2.45, 2.75) is 24.5 Å². The first kappa shape index (κ1) is 9.77. The minimum atomic E-state index is -0.320. The molecule has 0 saturated heterocycles. The first-order chi connectivity index (χ1) is 4.22. The Morgan fingerprint density at radius 1 is 1.70 bits per heavy atom. The first-order valence-corrected chi connectivity index (χ1v) is 3.01. The normalized spacial score (nSPS) is 37.1. The van der Waals surface area contributed by atoms with Crippen molar-refractivity contribution in [3.63, 3.8) is 0 Å². The van der Waals surface area contributed by atoms with E-state index in [0.717, 1.165) is 12.8 Å². The average molecular weight is 162 g/mol. The van der Waals surface area contributed by atoms with E-state index in [-0.39, 0.29) is 24.0 Å². The van der Waals surface area contributed by atoms with E-state index in [1.807, 2.05) is 0 Å². The van der Waals surface area contributed by atoms with Gasteiger partial charge in [-0.05, 0) is 0 Å². The summed E-state index contributed by atoms with van der Waals surface area (Å²) in [5, 5.41) is 0. The molecule has 3 heteroatoms. The Labute approximate surface area is 67.5 Å². The van der Waals surface area contributed by atoms with Gasteiger partial charge in [0.05, 0.1) is 0 Å². The number of hydrogen-bond donors (Lipinski definition) is 1. The lowest BCUT2D eigenvalue weighted by Gasteiger charge is -2.40. The fourth-order valence-corrected chi connectivity index (χ4v) is 1.13. The highest BCUT2D eigenvalue weighted by Crippen LogP contribution is 2.32. The van der Waals surface area contributed by atoms with Crippen molar-refractivity contribution in [1.29, 1.82) is 0 Å². The quantitative estimate of drug-likeness (QED) is 0.570. The van der Waals surface area contributed by atoms with E-state index in [1.54, 1.807) is 7.11 Å². The van der Waals surface area contributed by atoms with Gasteiger partial charge >= 0.3 is 0 Å². The summed E-state index contributed by atoms with van der Waals surface area (Å²) in [7, 11) is 1.63. The summed E-state index contributed by atoms with van der Waals surface area (Å²) in [6.45, 7) is 0. The van der Waals surface area contributed by atoms with Crippen LogP contribution in [-0.4, -0.2) is 18.8 Å². The van der Waals surface area contributed by atoms with E-state index in [1.165, 1.54) is 0 Å². The van der Waals surface area contributed by atoms with Crippen LogP contribution in [0.3, 0.4) is 0 Å². The predicted octanol–water partition coefficient (Wildman–Crippen LogP) is 0.548. The van der Waals surface area contributed by atoms with Crippen molar-refractivity contribution in [2.75, 3.05) is 7.11 Å². The Kier molecular flexibility index (Phi) is 3.17. The largest absolute Gasteiger partial charge is 0.365 e. The average Bonchev–Trinajstić information content (AvgIpc) is 1.81. The van der Waals surface area contributed by atoms with Crippen LogP contribution in [0.15, 0.2) is 0 Å². The van der Waals surface area contributed by atoms with Crippen LogP contribution in [0.1, 0.15) is 12.8 Å². The number of halogens is 1. The van der Waals surface area contributed by atoms with Crippen molar-refractivity contribution >= 4 is 12.4 Å². The molecule has 2 nitrogen and oxygen atoms in total. The minimum Gasteiger partial charge on any atom is -0.365 e. The molecule has 0 unspecified atom stereocenters. The molecule has 0 amide bonds. The third-order valence-corrected chi connectivity index (χ3v) is 1.84. The van der Waals surface area contributed by atoms with Gasteiger partial charge in [0, 0.05) is 26.0 Å². The number of terminal acetylenes is 1. The summed E-state index contributed by atoms with van der Waals surface area (Å²) < 4.78 is 5.08. The Morgan fingerprint density at radius 3 is 2.30 bits per heavy atom. The van der Waals surface area contributed by atoms with Gasteiger partial charge < -0.3 is 10.5 Å². The smallest absolute Gasteiger partial charge is 0.130 e. The SMILES string of the molecule is C#CC1(OC)CC(N)C1.Cl. The summed E-state index contributed by atoms with van der Waals surface area (Å²) in [5.74, 6) is 2.59. The Balaban J connectivity index is 0.000000810. The van der Waals surface area contributed by atoms with E-state index < -0.39 is 0 Å². The zero-order chi connectivity index (χ0) is 6.91. The van der Waals surface area contributed by atoms with Crippen molar-refractivity contribution in [3.05, 3.63) is 0 Å². The molecule has 0 aliphatic heterocycles. The van der Waals surface area contributed by atoms with Gasteiger partial charge in [0.1, 0.15) is 5.60 Å². The van der Waals surface area contributed by atoms with Gasteiger partial charge in [0.15, 0.2) is 0 Å². The third-order valence-electron chi connectivity index (χ3n) is 1.84. The lowest BCUT2D eigenvalue weighted by molar-refractivity contribution is -0.0334. The van der Waals surface area contributed by atoms with Crippen LogP contribution in [0, 0.1) is 12.3 Å². The maximum atomic E-state index is 5.53. The maximum Gasteiger partial charge on any atom is 0.130 e. The lowest BCUT2D eigenvalue weighted by Crippen LogP contribution is -2.51. The van der Waals surface area contributed by atoms with Crippen molar-refractivity contribution < 1.29 is 4.74 Å². The van der Waals surface area contributed by atoms with Gasteiger partial charge in [-0.25, -0.2) is 0 Å². The van der Waals surface area contributed by atoms with Gasteiger partial charge in [0.25, 0.3) is 0 Å². The maximum absolute atomic E-state index is 5.53.